The van der Waals surface area contributed by atoms with E-state index in [2.05, 4.69) is 39.9 Å². The van der Waals surface area contributed by atoms with Crippen molar-refractivity contribution < 1.29 is 4.74 Å². The zero-order chi connectivity index (χ0) is 15.8. The summed E-state index contributed by atoms with van der Waals surface area (Å²) in [5.41, 5.74) is 3.54. The number of aromatic nitrogens is 2. The molecule has 0 radical (unpaired) electrons. The molecule has 21 heavy (non-hydrogen) atoms. The van der Waals surface area contributed by atoms with Gasteiger partial charge in [-0.2, -0.15) is 0 Å². The molecule has 0 aromatic carbocycles. The van der Waals surface area contributed by atoms with E-state index in [4.69, 9.17) is 14.7 Å². The highest BCUT2D eigenvalue weighted by Crippen LogP contribution is 2.21. The normalized spacial score (nSPS) is 12.9. The van der Waals surface area contributed by atoms with Crippen molar-refractivity contribution in [2.75, 3.05) is 26.8 Å². The third-order valence-electron chi connectivity index (χ3n) is 3.74. The molecule has 0 aliphatic heterocycles. The van der Waals surface area contributed by atoms with E-state index in [1.165, 1.54) is 5.56 Å². The third-order valence-corrected chi connectivity index (χ3v) is 3.74. The highest BCUT2D eigenvalue weighted by molar-refractivity contribution is 5.28. The number of ether oxygens (including phenoxy) is 1. The molecular weight excluding hydrogens is 262 g/mol. The zero-order valence-corrected chi connectivity index (χ0v) is 14.5. The topological polar surface area (TPSA) is 47.0 Å². The maximum Gasteiger partial charge on any atom is 0.128 e. The molecule has 0 aliphatic rings. The molecule has 1 rings (SSSR count). The summed E-state index contributed by atoms with van der Waals surface area (Å²) in [6.45, 7) is 13.5. The van der Waals surface area contributed by atoms with Crippen LogP contribution in [0.1, 0.15) is 55.9 Å². The van der Waals surface area contributed by atoms with Crippen molar-refractivity contribution >= 4 is 0 Å². The minimum absolute atomic E-state index is 0.418. The molecule has 4 heteroatoms. The van der Waals surface area contributed by atoms with Crippen molar-refractivity contribution in [3.8, 4) is 0 Å². The molecule has 0 bridgehead atoms. The lowest BCUT2D eigenvalue weighted by atomic mass is 9.97. The summed E-state index contributed by atoms with van der Waals surface area (Å²) >= 11 is 0. The van der Waals surface area contributed by atoms with Crippen LogP contribution in [0.2, 0.25) is 0 Å². The molecular formula is C17H31N3O. The average Bonchev–Trinajstić information content (AvgIpc) is 2.40. The van der Waals surface area contributed by atoms with Crippen LogP contribution in [0.3, 0.4) is 0 Å². The molecule has 1 aromatic rings. The molecule has 1 atom stereocenters. The number of rotatable bonds is 9. The molecule has 4 nitrogen and oxygen atoms in total. The first-order valence-electron chi connectivity index (χ1n) is 7.99. The number of aryl methyl sites for hydroxylation is 3. The number of methoxy groups -OCH3 is 1. The van der Waals surface area contributed by atoms with Crippen molar-refractivity contribution in [1.82, 2.24) is 15.3 Å². The lowest BCUT2D eigenvalue weighted by Crippen LogP contribution is -2.25. The SMILES string of the molecule is COCCNCC(C)c1c(C)nc(CCC(C)C)nc1C. The molecule has 0 spiro atoms. The third kappa shape index (κ3) is 6.10. The van der Waals surface area contributed by atoms with E-state index in [1.54, 1.807) is 7.11 Å². The Morgan fingerprint density at radius 3 is 2.24 bits per heavy atom. The lowest BCUT2D eigenvalue weighted by Gasteiger charge is -2.18. The molecule has 0 fully saturated rings. The number of nitrogens with one attached hydrogen (secondary N) is 1. The van der Waals surface area contributed by atoms with Gasteiger partial charge in [-0.15, -0.1) is 0 Å². The fourth-order valence-electron chi connectivity index (χ4n) is 2.63. The predicted molar refractivity (Wildman–Crippen MR) is 87.8 cm³/mol. The van der Waals surface area contributed by atoms with Crippen LogP contribution in [0.15, 0.2) is 0 Å². The van der Waals surface area contributed by atoms with E-state index in [-0.39, 0.29) is 0 Å². The molecule has 0 saturated heterocycles. The van der Waals surface area contributed by atoms with Gasteiger partial charge < -0.3 is 10.1 Å². The van der Waals surface area contributed by atoms with Gasteiger partial charge in [-0.1, -0.05) is 20.8 Å². The maximum atomic E-state index is 5.05. The first kappa shape index (κ1) is 18.1. The first-order valence-corrected chi connectivity index (χ1v) is 7.99. The van der Waals surface area contributed by atoms with Crippen LogP contribution < -0.4 is 5.32 Å². The van der Waals surface area contributed by atoms with Gasteiger partial charge in [0.25, 0.3) is 0 Å². The van der Waals surface area contributed by atoms with E-state index in [1.807, 2.05) is 0 Å². The molecule has 120 valence electrons. The largest absolute Gasteiger partial charge is 0.383 e. The Morgan fingerprint density at radius 2 is 1.71 bits per heavy atom. The number of hydrogen-bond acceptors (Lipinski definition) is 4. The standard InChI is InChI=1S/C17H31N3O/c1-12(2)7-8-16-19-14(4)17(15(5)20-16)13(3)11-18-9-10-21-6/h12-13,18H,7-11H2,1-6H3. The van der Waals surface area contributed by atoms with Crippen molar-refractivity contribution in [2.45, 2.75) is 53.4 Å². The molecule has 0 aliphatic carbocycles. The van der Waals surface area contributed by atoms with Gasteiger partial charge >= 0.3 is 0 Å². The summed E-state index contributed by atoms with van der Waals surface area (Å²) in [6, 6.07) is 0. The van der Waals surface area contributed by atoms with Gasteiger partial charge in [0.05, 0.1) is 6.61 Å². The van der Waals surface area contributed by atoms with E-state index < -0.39 is 0 Å². The van der Waals surface area contributed by atoms with E-state index in [0.29, 0.717) is 11.8 Å². The number of nitrogens with zero attached hydrogens (tertiary/aromatic N) is 2. The van der Waals surface area contributed by atoms with Crippen molar-refractivity contribution in [3.05, 3.63) is 22.8 Å². The van der Waals surface area contributed by atoms with Crippen LogP contribution in [-0.2, 0) is 11.2 Å². The summed E-state index contributed by atoms with van der Waals surface area (Å²) in [7, 11) is 1.73. The maximum absolute atomic E-state index is 5.05. The fourth-order valence-corrected chi connectivity index (χ4v) is 2.63. The summed E-state index contributed by atoms with van der Waals surface area (Å²) in [5.74, 6) is 2.10. The Morgan fingerprint density at radius 1 is 1.10 bits per heavy atom. The Bertz CT molecular complexity index is 409. The Labute approximate surface area is 129 Å². The van der Waals surface area contributed by atoms with Crippen molar-refractivity contribution in [2.24, 2.45) is 5.92 Å². The molecule has 1 unspecified atom stereocenters. The van der Waals surface area contributed by atoms with Crippen molar-refractivity contribution in [3.63, 3.8) is 0 Å². The fraction of sp³-hybridized carbons (Fsp3) is 0.765. The lowest BCUT2D eigenvalue weighted by molar-refractivity contribution is 0.199. The molecule has 0 saturated carbocycles. The quantitative estimate of drug-likeness (QED) is 0.711. The predicted octanol–water partition coefficient (Wildman–Crippen LogP) is 3.02. The second kappa shape index (κ2) is 9.11. The van der Waals surface area contributed by atoms with Crippen LogP contribution in [0.4, 0.5) is 0 Å². The summed E-state index contributed by atoms with van der Waals surface area (Å²) in [6.07, 6.45) is 2.12. The van der Waals surface area contributed by atoms with Gasteiger partial charge in [0.1, 0.15) is 5.82 Å². The smallest absolute Gasteiger partial charge is 0.128 e. The van der Waals surface area contributed by atoms with Gasteiger partial charge in [-0.05, 0) is 37.7 Å². The van der Waals surface area contributed by atoms with Gasteiger partial charge in [0, 0.05) is 38.0 Å². The molecule has 1 heterocycles. The van der Waals surface area contributed by atoms with Gasteiger partial charge in [0.15, 0.2) is 0 Å². The van der Waals surface area contributed by atoms with Crippen LogP contribution in [0.5, 0.6) is 0 Å². The highest BCUT2D eigenvalue weighted by atomic mass is 16.5. The summed E-state index contributed by atoms with van der Waals surface area (Å²) in [4.78, 5) is 9.42. The summed E-state index contributed by atoms with van der Waals surface area (Å²) in [5, 5.41) is 3.41. The van der Waals surface area contributed by atoms with E-state index in [0.717, 1.165) is 49.8 Å². The van der Waals surface area contributed by atoms with Gasteiger partial charge in [-0.25, -0.2) is 9.97 Å². The first-order chi connectivity index (χ1) is 9.95. The van der Waals surface area contributed by atoms with Gasteiger partial charge in [-0.3, -0.25) is 0 Å². The number of hydrogen-bond donors (Lipinski definition) is 1. The summed E-state index contributed by atoms with van der Waals surface area (Å²) < 4.78 is 5.05. The van der Waals surface area contributed by atoms with Crippen LogP contribution in [0.25, 0.3) is 0 Å². The molecule has 1 N–H and O–H groups in total. The van der Waals surface area contributed by atoms with Crippen molar-refractivity contribution in [1.29, 1.82) is 0 Å². The molecule has 1 aromatic heterocycles. The molecule has 0 amide bonds. The Hall–Kier alpha value is -1.00. The van der Waals surface area contributed by atoms with E-state index in [9.17, 15) is 0 Å². The zero-order valence-electron chi connectivity index (χ0n) is 14.5. The Balaban J connectivity index is 2.69. The van der Waals surface area contributed by atoms with Crippen LogP contribution >= 0.6 is 0 Å². The minimum atomic E-state index is 0.418. The minimum Gasteiger partial charge on any atom is -0.383 e. The monoisotopic (exact) mass is 293 g/mol. The Kier molecular flexibility index (Phi) is 7.83. The second-order valence-corrected chi connectivity index (χ2v) is 6.25. The second-order valence-electron chi connectivity index (χ2n) is 6.25. The van der Waals surface area contributed by atoms with E-state index >= 15 is 0 Å². The average molecular weight is 293 g/mol. The van der Waals surface area contributed by atoms with Crippen LogP contribution in [-0.4, -0.2) is 36.8 Å². The van der Waals surface area contributed by atoms with Gasteiger partial charge in [0.2, 0.25) is 0 Å². The van der Waals surface area contributed by atoms with Crippen LogP contribution in [0, 0.1) is 19.8 Å². The highest BCUT2D eigenvalue weighted by Gasteiger charge is 2.15.